The predicted molar refractivity (Wildman–Crippen MR) is 102 cm³/mol. The first-order chi connectivity index (χ1) is 12.7. The largest absolute Gasteiger partial charge is 0.497 e. The molecular formula is C20H22N4O2. The van der Waals surface area contributed by atoms with E-state index in [-0.39, 0.29) is 5.78 Å². The number of Topliss-reactive ketones (excluding diaryl/α,β-unsaturated/α-hetero) is 1. The Morgan fingerprint density at radius 2 is 2.04 bits per heavy atom. The number of methoxy groups -OCH3 is 1. The van der Waals surface area contributed by atoms with Crippen molar-refractivity contribution in [2.45, 2.75) is 0 Å². The predicted octanol–water partition coefficient (Wildman–Crippen LogP) is 2.58. The van der Waals surface area contributed by atoms with E-state index in [1.807, 2.05) is 42.6 Å². The molecule has 1 aliphatic rings. The van der Waals surface area contributed by atoms with Gasteiger partial charge in [-0.1, -0.05) is 6.07 Å². The van der Waals surface area contributed by atoms with Crippen molar-refractivity contribution in [1.82, 2.24) is 14.9 Å². The van der Waals surface area contributed by atoms with Crippen molar-refractivity contribution in [2.75, 3.05) is 44.7 Å². The zero-order valence-electron chi connectivity index (χ0n) is 14.8. The Bertz CT molecular complexity index is 899. The highest BCUT2D eigenvalue weighted by molar-refractivity contribution is 6.09. The number of hydrogen-bond acceptors (Lipinski definition) is 5. The fourth-order valence-electron chi connectivity index (χ4n) is 3.42. The molecule has 0 radical (unpaired) electrons. The number of benzene rings is 1. The van der Waals surface area contributed by atoms with Crippen LogP contribution in [0.1, 0.15) is 10.4 Å². The lowest BCUT2D eigenvalue weighted by molar-refractivity contribution is 0.0928. The summed E-state index contributed by atoms with van der Waals surface area (Å²) in [6.45, 7) is 3.90. The monoisotopic (exact) mass is 350 g/mol. The first kappa shape index (κ1) is 16.6. The van der Waals surface area contributed by atoms with Gasteiger partial charge >= 0.3 is 0 Å². The first-order valence-corrected chi connectivity index (χ1v) is 8.81. The molecule has 1 aromatic carbocycles. The second-order valence-electron chi connectivity index (χ2n) is 6.49. The lowest BCUT2D eigenvalue weighted by Gasteiger charge is -2.34. The summed E-state index contributed by atoms with van der Waals surface area (Å²) in [5, 5.41) is 0.918. The van der Waals surface area contributed by atoms with Crippen molar-refractivity contribution in [3.63, 3.8) is 0 Å². The van der Waals surface area contributed by atoms with Gasteiger partial charge in [-0.05, 0) is 30.3 Å². The highest BCUT2D eigenvalue weighted by atomic mass is 16.5. The fourth-order valence-corrected chi connectivity index (χ4v) is 3.42. The number of fused-ring (bicyclic) bond motifs is 1. The molecule has 2 aromatic heterocycles. The van der Waals surface area contributed by atoms with Crippen LogP contribution in [0.15, 0.2) is 48.8 Å². The van der Waals surface area contributed by atoms with Gasteiger partial charge in [0.25, 0.3) is 0 Å². The molecule has 0 unspecified atom stereocenters. The van der Waals surface area contributed by atoms with Crippen molar-refractivity contribution < 1.29 is 9.53 Å². The number of nitrogens with zero attached hydrogens (tertiary/aromatic N) is 3. The number of rotatable bonds is 5. The molecular weight excluding hydrogens is 328 g/mol. The van der Waals surface area contributed by atoms with Crippen LogP contribution in [0.2, 0.25) is 0 Å². The van der Waals surface area contributed by atoms with Gasteiger partial charge in [0.15, 0.2) is 5.78 Å². The zero-order valence-corrected chi connectivity index (χ0v) is 14.8. The number of H-pyrrole nitrogens is 1. The molecule has 1 fully saturated rings. The number of carbonyl (C=O) groups is 1. The molecule has 1 aliphatic heterocycles. The topological polar surface area (TPSA) is 61.5 Å². The molecule has 0 aliphatic carbocycles. The van der Waals surface area contributed by atoms with E-state index >= 15 is 0 Å². The number of aromatic nitrogens is 2. The van der Waals surface area contributed by atoms with Crippen LogP contribution in [0.25, 0.3) is 10.9 Å². The highest BCUT2D eigenvalue weighted by Gasteiger charge is 2.21. The highest BCUT2D eigenvalue weighted by Crippen LogP contribution is 2.24. The second-order valence-corrected chi connectivity index (χ2v) is 6.49. The second kappa shape index (κ2) is 7.17. The molecule has 1 N–H and O–H groups in total. The van der Waals surface area contributed by atoms with E-state index in [2.05, 4.69) is 19.8 Å². The number of piperazine rings is 1. The Hall–Kier alpha value is -2.86. The number of anilines is 1. The van der Waals surface area contributed by atoms with Crippen LogP contribution >= 0.6 is 0 Å². The van der Waals surface area contributed by atoms with Crippen LogP contribution in [-0.4, -0.2) is 60.5 Å². The summed E-state index contributed by atoms with van der Waals surface area (Å²) in [4.78, 5) is 24.9. The van der Waals surface area contributed by atoms with E-state index in [0.717, 1.165) is 54.2 Å². The third-order valence-corrected chi connectivity index (χ3v) is 4.90. The number of aromatic amines is 1. The Morgan fingerprint density at radius 1 is 1.19 bits per heavy atom. The van der Waals surface area contributed by atoms with Gasteiger partial charge in [-0.2, -0.15) is 0 Å². The average Bonchev–Trinajstić information content (AvgIpc) is 3.12. The van der Waals surface area contributed by atoms with Gasteiger partial charge in [0.05, 0.1) is 13.7 Å². The molecule has 3 aromatic rings. The van der Waals surface area contributed by atoms with Crippen molar-refractivity contribution in [3.8, 4) is 5.75 Å². The average molecular weight is 350 g/mol. The fraction of sp³-hybridized carbons (Fsp3) is 0.300. The summed E-state index contributed by atoms with van der Waals surface area (Å²) in [7, 11) is 1.64. The Balaban J connectivity index is 1.42. The minimum Gasteiger partial charge on any atom is -0.497 e. The molecule has 0 saturated carbocycles. The van der Waals surface area contributed by atoms with Crippen LogP contribution < -0.4 is 9.64 Å². The van der Waals surface area contributed by atoms with Crippen LogP contribution in [0, 0.1) is 0 Å². The van der Waals surface area contributed by atoms with Gasteiger partial charge in [-0.25, -0.2) is 4.98 Å². The summed E-state index contributed by atoms with van der Waals surface area (Å²) in [5.41, 5.74) is 1.68. The van der Waals surface area contributed by atoms with E-state index in [1.165, 1.54) is 0 Å². The van der Waals surface area contributed by atoms with Gasteiger partial charge in [0.1, 0.15) is 11.6 Å². The number of nitrogens with one attached hydrogen (secondary N) is 1. The maximum atomic E-state index is 12.8. The number of ether oxygens (including phenoxy) is 1. The van der Waals surface area contributed by atoms with Gasteiger partial charge < -0.3 is 14.6 Å². The Kier molecular flexibility index (Phi) is 4.58. The molecule has 6 nitrogen and oxygen atoms in total. The zero-order chi connectivity index (χ0) is 17.9. The lowest BCUT2D eigenvalue weighted by atomic mass is 10.1. The molecule has 3 heterocycles. The van der Waals surface area contributed by atoms with Crippen molar-refractivity contribution in [2.24, 2.45) is 0 Å². The quantitative estimate of drug-likeness (QED) is 0.717. The van der Waals surface area contributed by atoms with Gasteiger partial charge in [0.2, 0.25) is 0 Å². The Morgan fingerprint density at radius 3 is 2.77 bits per heavy atom. The molecule has 6 heteroatoms. The van der Waals surface area contributed by atoms with Gasteiger partial charge in [-0.3, -0.25) is 9.69 Å². The van der Waals surface area contributed by atoms with Crippen molar-refractivity contribution >= 4 is 22.5 Å². The normalized spacial score (nSPS) is 15.3. The van der Waals surface area contributed by atoms with E-state index in [0.29, 0.717) is 6.54 Å². The summed E-state index contributed by atoms with van der Waals surface area (Å²) in [6.07, 6.45) is 3.62. The number of carbonyl (C=O) groups excluding carboxylic acids is 1. The molecule has 4 rings (SSSR count). The first-order valence-electron chi connectivity index (χ1n) is 8.81. The number of hydrogen-bond donors (Lipinski definition) is 1. The molecule has 0 amide bonds. The lowest BCUT2D eigenvalue weighted by Crippen LogP contribution is -2.48. The number of pyridine rings is 1. The molecule has 134 valence electrons. The standard InChI is InChI=1S/C20H22N4O2/c1-26-15-5-6-18-16(12-15)17(13-22-18)19(25)14-23-8-10-24(11-9-23)20-4-2-3-7-21-20/h2-7,12-13,22H,8-11,14H2,1H3. The SMILES string of the molecule is COc1ccc2[nH]cc(C(=O)CN3CCN(c4ccccn4)CC3)c2c1. The Labute approximate surface area is 152 Å². The maximum Gasteiger partial charge on any atom is 0.178 e. The van der Waals surface area contributed by atoms with Crippen LogP contribution in [0.4, 0.5) is 5.82 Å². The summed E-state index contributed by atoms with van der Waals surface area (Å²) in [5.74, 6) is 1.90. The van der Waals surface area contributed by atoms with Gasteiger partial charge in [-0.15, -0.1) is 0 Å². The smallest absolute Gasteiger partial charge is 0.178 e. The van der Waals surface area contributed by atoms with Crippen LogP contribution in [0.5, 0.6) is 5.75 Å². The third kappa shape index (κ3) is 3.28. The van der Waals surface area contributed by atoms with E-state index in [9.17, 15) is 4.79 Å². The molecule has 0 atom stereocenters. The van der Waals surface area contributed by atoms with E-state index in [4.69, 9.17) is 4.74 Å². The number of ketones is 1. The molecule has 26 heavy (non-hydrogen) atoms. The van der Waals surface area contributed by atoms with E-state index in [1.54, 1.807) is 13.3 Å². The summed E-state index contributed by atoms with van der Waals surface area (Å²) < 4.78 is 5.28. The maximum absolute atomic E-state index is 12.8. The molecule has 1 saturated heterocycles. The van der Waals surface area contributed by atoms with E-state index < -0.39 is 0 Å². The van der Waals surface area contributed by atoms with Gasteiger partial charge in [0, 0.05) is 55.0 Å². The van der Waals surface area contributed by atoms with Crippen molar-refractivity contribution in [3.05, 3.63) is 54.4 Å². The molecule has 0 bridgehead atoms. The minimum atomic E-state index is 0.135. The third-order valence-electron chi connectivity index (χ3n) is 4.90. The van der Waals surface area contributed by atoms with Crippen molar-refractivity contribution in [1.29, 1.82) is 0 Å². The molecule has 0 spiro atoms. The summed E-state index contributed by atoms with van der Waals surface area (Å²) >= 11 is 0. The van der Waals surface area contributed by atoms with Crippen LogP contribution in [0.3, 0.4) is 0 Å². The summed E-state index contributed by atoms with van der Waals surface area (Å²) in [6, 6.07) is 11.7. The minimum absolute atomic E-state index is 0.135. The van der Waals surface area contributed by atoms with Crippen LogP contribution in [-0.2, 0) is 0 Å².